The Hall–Kier alpha value is -2.48. The number of benzene rings is 1. The zero-order valence-corrected chi connectivity index (χ0v) is 14.4. The Labute approximate surface area is 147 Å². The van der Waals surface area contributed by atoms with E-state index in [1.165, 1.54) is 40.5 Å². The van der Waals surface area contributed by atoms with Crippen molar-refractivity contribution in [1.29, 1.82) is 0 Å². The van der Waals surface area contributed by atoms with Crippen LogP contribution in [-0.4, -0.2) is 39.5 Å². The molecular weight excluding hydrogens is 347 g/mol. The molecule has 25 heavy (non-hydrogen) atoms. The van der Waals surface area contributed by atoms with Gasteiger partial charge in [-0.05, 0) is 44.0 Å². The molecule has 6 nitrogen and oxygen atoms in total. The van der Waals surface area contributed by atoms with Crippen LogP contribution in [0.1, 0.15) is 33.2 Å². The highest BCUT2D eigenvalue weighted by atomic mass is 32.1. The number of aryl methyl sites for hydroxylation is 1. The maximum Gasteiger partial charge on any atom is 0.326 e. The summed E-state index contributed by atoms with van der Waals surface area (Å²) < 4.78 is 18.4. The molecular formula is C17H17FN2O4S. The second-order valence-electron chi connectivity index (χ2n) is 5.76. The maximum absolute atomic E-state index is 12.9. The lowest BCUT2D eigenvalue weighted by Gasteiger charge is -2.20. The number of nitrogens with zero attached hydrogens (tertiary/aromatic N) is 2. The SMILES string of the molecule is Cc1nc(COc2ccc(F)cc2)sc1C(=O)N1CCCC1C(=O)O. The molecule has 1 unspecified atom stereocenters. The predicted molar refractivity (Wildman–Crippen MR) is 89.3 cm³/mol. The highest BCUT2D eigenvalue weighted by molar-refractivity contribution is 7.13. The molecule has 0 bridgehead atoms. The molecule has 8 heteroatoms. The first-order valence-electron chi connectivity index (χ1n) is 7.84. The number of ether oxygens (including phenoxy) is 1. The van der Waals surface area contributed by atoms with Crippen LogP contribution in [0.25, 0.3) is 0 Å². The molecule has 0 radical (unpaired) electrons. The van der Waals surface area contributed by atoms with Crippen LogP contribution in [0.4, 0.5) is 4.39 Å². The van der Waals surface area contributed by atoms with Gasteiger partial charge in [0.25, 0.3) is 5.91 Å². The number of halogens is 1. The Balaban J connectivity index is 1.70. The molecule has 0 saturated carbocycles. The van der Waals surface area contributed by atoms with Gasteiger partial charge < -0.3 is 14.7 Å². The molecule has 1 aromatic heterocycles. The van der Waals surface area contributed by atoms with E-state index in [9.17, 15) is 19.1 Å². The van der Waals surface area contributed by atoms with E-state index < -0.39 is 12.0 Å². The van der Waals surface area contributed by atoms with Gasteiger partial charge in [0.05, 0.1) is 5.69 Å². The quantitative estimate of drug-likeness (QED) is 0.882. The van der Waals surface area contributed by atoms with Crippen molar-refractivity contribution >= 4 is 23.2 Å². The summed E-state index contributed by atoms with van der Waals surface area (Å²) in [6.45, 7) is 2.32. The number of rotatable bonds is 5. The first-order chi connectivity index (χ1) is 12.0. The zero-order chi connectivity index (χ0) is 18.0. The van der Waals surface area contributed by atoms with E-state index in [2.05, 4.69) is 4.98 Å². The van der Waals surface area contributed by atoms with Crippen LogP contribution in [0.2, 0.25) is 0 Å². The third-order valence-corrected chi connectivity index (χ3v) is 5.13. The molecule has 1 atom stereocenters. The van der Waals surface area contributed by atoms with E-state index >= 15 is 0 Å². The van der Waals surface area contributed by atoms with Crippen molar-refractivity contribution in [3.8, 4) is 5.75 Å². The van der Waals surface area contributed by atoms with Crippen molar-refractivity contribution in [2.75, 3.05) is 6.54 Å². The number of carboxylic acid groups (broad SMARTS) is 1. The molecule has 1 aromatic carbocycles. The van der Waals surface area contributed by atoms with Crippen molar-refractivity contribution in [1.82, 2.24) is 9.88 Å². The molecule has 1 amide bonds. The fraction of sp³-hybridized carbons (Fsp3) is 0.353. The van der Waals surface area contributed by atoms with Gasteiger partial charge in [-0.1, -0.05) is 0 Å². The van der Waals surface area contributed by atoms with Crippen LogP contribution >= 0.6 is 11.3 Å². The summed E-state index contributed by atoms with van der Waals surface area (Å²) in [6.07, 6.45) is 1.15. The lowest BCUT2D eigenvalue weighted by molar-refractivity contribution is -0.141. The zero-order valence-electron chi connectivity index (χ0n) is 13.6. The number of likely N-dealkylation sites (tertiary alicyclic amines) is 1. The molecule has 3 rings (SSSR count). The number of thiazole rings is 1. The minimum atomic E-state index is -0.979. The Kier molecular flexibility index (Phi) is 4.98. The van der Waals surface area contributed by atoms with Crippen LogP contribution < -0.4 is 4.74 Å². The normalized spacial score (nSPS) is 16.9. The largest absolute Gasteiger partial charge is 0.486 e. The number of hydrogen-bond acceptors (Lipinski definition) is 5. The maximum atomic E-state index is 12.9. The Morgan fingerprint density at radius 1 is 1.40 bits per heavy atom. The van der Waals surface area contributed by atoms with Gasteiger partial charge in [-0.25, -0.2) is 14.2 Å². The number of hydrogen-bond donors (Lipinski definition) is 1. The standard InChI is InChI=1S/C17H17FN2O4S/c1-10-15(16(21)20-8-2-3-13(20)17(22)23)25-14(19-10)9-24-12-6-4-11(18)5-7-12/h4-7,13H,2-3,8-9H2,1H3,(H,22,23). The minimum absolute atomic E-state index is 0.160. The molecule has 1 aliphatic rings. The molecule has 1 fully saturated rings. The van der Waals surface area contributed by atoms with E-state index in [0.29, 0.717) is 40.7 Å². The van der Waals surface area contributed by atoms with Crippen molar-refractivity contribution in [3.63, 3.8) is 0 Å². The van der Waals surface area contributed by atoms with Crippen LogP contribution in [0, 0.1) is 12.7 Å². The van der Waals surface area contributed by atoms with Gasteiger partial charge in [0.2, 0.25) is 0 Å². The van der Waals surface area contributed by atoms with Gasteiger partial charge in [0.15, 0.2) is 0 Å². The number of carbonyl (C=O) groups excluding carboxylic acids is 1. The average Bonchev–Trinajstić information content (AvgIpc) is 3.20. The van der Waals surface area contributed by atoms with Gasteiger partial charge in [-0.2, -0.15) is 0 Å². The predicted octanol–water partition coefficient (Wildman–Crippen LogP) is 2.86. The van der Waals surface area contributed by atoms with Crippen LogP contribution in [0.3, 0.4) is 0 Å². The van der Waals surface area contributed by atoms with Crippen LogP contribution in [0.15, 0.2) is 24.3 Å². The molecule has 132 valence electrons. The highest BCUT2D eigenvalue weighted by Crippen LogP contribution is 2.26. The van der Waals surface area contributed by atoms with Gasteiger partial charge in [-0.15, -0.1) is 11.3 Å². The molecule has 1 saturated heterocycles. The molecule has 1 aliphatic heterocycles. The van der Waals surface area contributed by atoms with Crippen LogP contribution in [0.5, 0.6) is 5.75 Å². The third kappa shape index (κ3) is 3.79. The summed E-state index contributed by atoms with van der Waals surface area (Å²) in [6, 6.07) is 4.87. The molecule has 0 spiro atoms. The Morgan fingerprint density at radius 2 is 2.12 bits per heavy atom. The fourth-order valence-electron chi connectivity index (χ4n) is 2.79. The van der Waals surface area contributed by atoms with Gasteiger partial charge in [0.1, 0.15) is 34.1 Å². The monoisotopic (exact) mass is 364 g/mol. The van der Waals surface area contributed by atoms with Crippen LogP contribution in [-0.2, 0) is 11.4 Å². The van der Waals surface area contributed by atoms with Crippen molar-refractivity contribution < 1.29 is 23.8 Å². The first-order valence-corrected chi connectivity index (χ1v) is 8.66. The number of amides is 1. The van der Waals surface area contributed by atoms with E-state index in [1.54, 1.807) is 6.92 Å². The topological polar surface area (TPSA) is 79.7 Å². The fourth-order valence-corrected chi connectivity index (χ4v) is 3.72. The Bertz CT molecular complexity index is 790. The van der Waals surface area contributed by atoms with E-state index in [0.717, 1.165) is 0 Å². The van der Waals surface area contributed by atoms with E-state index in [4.69, 9.17) is 4.74 Å². The minimum Gasteiger partial charge on any atom is -0.486 e. The number of carbonyl (C=O) groups is 2. The highest BCUT2D eigenvalue weighted by Gasteiger charge is 2.35. The first kappa shape index (κ1) is 17.3. The number of aromatic nitrogens is 1. The van der Waals surface area contributed by atoms with E-state index in [1.807, 2.05) is 0 Å². The molecule has 1 N–H and O–H groups in total. The third-order valence-electron chi connectivity index (χ3n) is 4.01. The lowest BCUT2D eigenvalue weighted by atomic mass is 10.2. The summed E-state index contributed by atoms with van der Waals surface area (Å²) >= 11 is 1.20. The summed E-state index contributed by atoms with van der Waals surface area (Å²) in [4.78, 5) is 30.1. The Morgan fingerprint density at radius 3 is 2.80 bits per heavy atom. The summed E-state index contributed by atoms with van der Waals surface area (Å²) in [7, 11) is 0. The van der Waals surface area contributed by atoms with Gasteiger partial charge in [-0.3, -0.25) is 4.79 Å². The smallest absolute Gasteiger partial charge is 0.326 e. The second-order valence-corrected chi connectivity index (χ2v) is 6.84. The van der Waals surface area contributed by atoms with E-state index in [-0.39, 0.29) is 18.3 Å². The average molecular weight is 364 g/mol. The molecule has 2 heterocycles. The lowest BCUT2D eigenvalue weighted by Crippen LogP contribution is -2.40. The second kappa shape index (κ2) is 7.18. The van der Waals surface area contributed by atoms with Gasteiger partial charge in [0, 0.05) is 6.54 Å². The van der Waals surface area contributed by atoms with Crippen molar-refractivity contribution in [2.45, 2.75) is 32.4 Å². The summed E-state index contributed by atoms with van der Waals surface area (Å²) in [5.74, 6) is -1.11. The molecule has 2 aromatic rings. The number of aliphatic carboxylic acids is 1. The molecule has 0 aliphatic carbocycles. The summed E-state index contributed by atoms with van der Waals surface area (Å²) in [5.41, 5.74) is 0.559. The van der Waals surface area contributed by atoms with Crippen molar-refractivity contribution in [2.24, 2.45) is 0 Å². The summed E-state index contributed by atoms with van der Waals surface area (Å²) in [5, 5.41) is 9.84. The van der Waals surface area contributed by atoms with Gasteiger partial charge >= 0.3 is 5.97 Å². The van der Waals surface area contributed by atoms with Crippen molar-refractivity contribution in [3.05, 3.63) is 45.7 Å². The number of carboxylic acids is 1.